The van der Waals surface area contributed by atoms with Crippen molar-refractivity contribution in [2.75, 3.05) is 27.7 Å². The Balaban J connectivity index is 2.69. The van der Waals surface area contributed by atoms with Crippen LogP contribution in [0.2, 0.25) is 0 Å². The Morgan fingerprint density at radius 2 is 1.78 bits per heavy atom. The van der Waals surface area contributed by atoms with Crippen molar-refractivity contribution in [2.24, 2.45) is 0 Å². The first-order valence-electron chi connectivity index (χ1n) is 6.07. The summed E-state index contributed by atoms with van der Waals surface area (Å²) in [5.41, 5.74) is 0.828. The standard InChI is InChI=1S/C14H22N2O2/c1-11(16(4)13(17)10-15(2)3)14(18)12-8-6-5-7-9-12/h5-9,11,14,18H,10H2,1-4H3/t11-,14+/m1/s1. The highest BCUT2D eigenvalue weighted by Gasteiger charge is 2.23. The molecule has 0 aliphatic heterocycles. The van der Waals surface area contributed by atoms with Crippen LogP contribution in [0.3, 0.4) is 0 Å². The fourth-order valence-corrected chi connectivity index (χ4v) is 1.75. The van der Waals surface area contributed by atoms with Gasteiger partial charge >= 0.3 is 0 Å². The van der Waals surface area contributed by atoms with Gasteiger partial charge in [0.1, 0.15) is 0 Å². The molecule has 0 aliphatic carbocycles. The summed E-state index contributed by atoms with van der Waals surface area (Å²) >= 11 is 0. The molecular formula is C14H22N2O2. The van der Waals surface area contributed by atoms with Gasteiger partial charge in [0.2, 0.25) is 5.91 Å². The Hall–Kier alpha value is -1.39. The van der Waals surface area contributed by atoms with Crippen molar-refractivity contribution in [2.45, 2.75) is 19.1 Å². The molecular weight excluding hydrogens is 228 g/mol. The largest absolute Gasteiger partial charge is 0.386 e. The maximum Gasteiger partial charge on any atom is 0.236 e. The molecule has 1 N–H and O–H groups in total. The maximum absolute atomic E-state index is 11.9. The molecule has 0 saturated heterocycles. The lowest BCUT2D eigenvalue weighted by molar-refractivity contribution is -0.134. The molecule has 1 amide bonds. The van der Waals surface area contributed by atoms with Crippen molar-refractivity contribution in [1.82, 2.24) is 9.80 Å². The normalized spacial score (nSPS) is 14.3. The number of hydrogen-bond acceptors (Lipinski definition) is 3. The fourth-order valence-electron chi connectivity index (χ4n) is 1.75. The second kappa shape index (κ2) is 6.52. The summed E-state index contributed by atoms with van der Waals surface area (Å²) in [6.07, 6.45) is -0.665. The van der Waals surface area contributed by atoms with Crippen LogP contribution < -0.4 is 0 Å². The molecule has 1 aromatic carbocycles. The zero-order valence-electron chi connectivity index (χ0n) is 11.5. The van der Waals surface area contributed by atoms with Crippen molar-refractivity contribution >= 4 is 5.91 Å². The minimum atomic E-state index is -0.665. The van der Waals surface area contributed by atoms with Crippen LogP contribution in [0.1, 0.15) is 18.6 Å². The van der Waals surface area contributed by atoms with Gasteiger partial charge in [0.15, 0.2) is 0 Å². The second-order valence-electron chi connectivity index (χ2n) is 4.84. The summed E-state index contributed by atoms with van der Waals surface area (Å²) in [5, 5.41) is 10.2. The molecule has 1 rings (SSSR count). The van der Waals surface area contributed by atoms with E-state index in [0.29, 0.717) is 6.54 Å². The molecule has 0 aliphatic rings. The molecule has 2 atom stereocenters. The summed E-state index contributed by atoms with van der Waals surface area (Å²) in [5.74, 6) is 0.00230. The van der Waals surface area contributed by atoms with E-state index in [4.69, 9.17) is 0 Å². The van der Waals surface area contributed by atoms with Gasteiger partial charge in [-0.2, -0.15) is 0 Å². The highest BCUT2D eigenvalue weighted by molar-refractivity contribution is 5.78. The number of aliphatic hydroxyl groups excluding tert-OH is 1. The van der Waals surface area contributed by atoms with Crippen LogP contribution in [0, 0.1) is 0 Å². The summed E-state index contributed by atoms with van der Waals surface area (Å²) in [7, 11) is 5.43. The van der Waals surface area contributed by atoms with E-state index < -0.39 is 6.10 Å². The summed E-state index contributed by atoms with van der Waals surface area (Å²) in [6, 6.07) is 9.15. The average Bonchev–Trinajstić information content (AvgIpc) is 2.36. The molecule has 0 aromatic heterocycles. The highest BCUT2D eigenvalue weighted by Crippen LogP contribution is 2.19. The summed E-state index contributed by atoms with van der Waals surface area (Å²) in [4.78, 5) is 15.3. The number of carbonyl (C=O) groups excluding carboxylic acids is 1. The van der Waals surface area contributed by atoms with Crippen molar-refractivity contribution in [3.63, 3.8) is 0 Å². The number of likely N-dealkylation sites (N-methyl/N-ethyl adjacent to an activating group) is 2. The van der Waals surface area contributed by atoms with E-state index in [1.165, 1.54) is 0 Å². The Labute approximate surface area is 109 Å². The van der Waals surface area contributed by atoms with Crippen LogP contribution in [0.25, 0.3) is 0 Å². The van der Waals surface area contributed by atoms with Gasteiger partial charge in [-0.3, -0.25) is 4.79 Å². The molecule has 0 bridgehead atoms. The fraction of sp³-hybridized carbons (Fsp3) is 0.500. The van der Waals surface area contributed by atoms with Gasteiger partial charge < -0.3 is 14.9 Å². The first kappa shape index (κ1) is 14.7. The van der Waals surface area contributed by atoms with E-state index in [1.54, 1.807) is 11.9 Å². The number of rotatable bonds is 5. The highest BCUT2D eigenvalue weighted by atomic mass is 16.3. The van der Waals surface area contributed by atoms with E-state index in [9.17, 15) is 9.90 Å². The lowest BCUT2D eigenvalue weighted by atomic mass is 10.0. The molecule has 100 valence electrons. The van der Waals surface area contributed by atoms with Gasteiger partial charge in [0.25, 0.3) is 0 Å². The molecule has 0 saturated carbocycles. The van der Waals surface area contributed by atoms with E-state index >= 15 is 0 Å². The molecule has 18 heavy (non-hydrogen) atoms. The topological polar surface area (TPSA) is 43.8 Å². The lowest BCUT2D eigenvalue weighted by Gasteiger charge is -2.30. The van der Waals surface area contributed by atoms with Gasteiger partial charge in [0.05, 0.1) is 18.7 Å². The number of benzene rings is 1. The Kier molecular flexibility index (Phi) is 5.31. The van der Waals surface area contributed by atoms with Crippen LogP contribution in [0.5, 0.6) is 0 Å². The number of amides is 1. The number of carbonyl (C=O) groups is 1. The van der Waals surface area contributed by atoms with Gasteiger partial charge in [0, 0.05) is 7.05 Å². The van der Waals surface area contributed by atoms with Gasteiger partial charge in [-0.25, -0.2) is 0 Å². The third-order valence-electron chi connectivity index (χ3n) is 3.05. The second-order valence-corrected chi connectivity index (χ2v) is 4.84. The SMILES string of the molecule is C[C@H]([C@H](O)c1ccccc1)N(C)C(=O)CN(C)C. The number of hydrogen-bond donors (Lipinski definition) is 1. The maximum atomic E-state index is 11.9. The van der Waals surface area contributed by atoms with Crippen molar-refractivity contribution in [1.29, 1.82) is 0 Å². The monoisotopic (exact) mass is 250 g/mol. The van der Waals surface area contributed by atoms with E-state index in [2.05, 4.69) is 0 Å². The molecule has 0 fully saturated rings. The molecule has 0 spiro atoms. The minimum Gasteiger partial charge on any atom is -0.386 e. The zero-order chi connectivity index (χ0) is 13.7. The summed E-state index contributed by atoms with van der Waals surface area (Å²) < 4.78 is 0. The molecule has 0 unspecified atom stereocenters. The van der Waals surface area contributed by atoms with E-state index in [1.807, 2.05) is 56.3 Å². The van der Waals surface area contributed by atoms with Gasteiger partial charge in [-0.05, 0) is 26.6 Å². The first-order chi connectivity index (χ1) is 8.43. The van der Waals surface area contributed by atoms with Crippen LogP contribution in [0.4, 0.5) is 0 Å². The summed E-state index contributed by atoms with van der Waals surface area (Å²) in [6.45, 7) is 2.20. The molecule has 4 nitrogen and oxygen atoms in total. The van der Waals surface area contributed by atoms with E-state index in [-0.39, 0.29) is 11.9 Å². The Morgan fingerprint density at radius 1 is 1.22 bits per heavy atom. The minimum absolute atomic E-state index is 0.00230. The molecule has 0 radical (unpaired) electrons. The smallest absolute Gasteiger partial charge is 0.236 e. The quantitative estimate of drug-likeness (QED) is 0.852. The van der Waals surface area contributed by atoms with Crippen molar-refractivity contribution < 1.29 is 9.90 Å². The number of nitrogens with zero attached hydrogens (tertiary/aromatic N) is 2. The van der Waals surface area contributed by atoms with Crippen LogP contribution >= 0.6 is 0 Å². The Morgan fingerprint density at radius 3 is 2.28 bits per heavy atom. The molecule has 4 heteroatoms. The number of aliphatic hydroxyl groups is 1. The first-order valence-corrected chi connectivity index (χ1v) is 6.07. The third-order valence-corrected chi connectivity index (χ3v) is 3.05. The molecule has 1 aromatic rings. The Bertz CT molecular complexity index is 379. The third kappa shape index (κ3) is 3.82. The van der Waals surface area contributed by atoms with E-state index in [0.717, 1.165) is 5.56 Å². The van der Waals surface area contributed by atoms with Gasteiger partial charge in [-0.1, -0.05) is 30.3 Å². The zero-order valence-corrected chi connectivity index (χ0v) is 11.5. The predicted molar refractivity (Wildman–Crippen MR) is 72.2 cm³/mol. The van der Waals surface area contributed by atoms with Crippen LogP contribution in [-0.2, 0) is 4.79 Å². The van der Waals surface area contributed by atoms with Crippen molar-refractivity contribution in [3.05, 3.63) is 35.9 Å². The van der Waals surface area contributed by atoms with Crippen LogP contribution in [0.15, 0.2) is 30.3 Å². The van der Waals surface area contributed by atoms with Crippen LogP contribution in [-0.4, -0.2) is 54.5 Å². The predicted octanol–water partition coefficient (Wildman–Crippen LogP) is 1.13. The average molecular weight is 250 g/mol. The molecule has 0 heterocycles. The lowest BCUT2D eigenvalue weighted by Crippen LogP contribution is -2.43. The van der Waals surface area contributed by atoms with Crippen molar-refractivity contribution in [3.8, 4) is 0 Å². The van der Waals surface area contributed by atoms with Gasteiger partial charge in [-0.15, -0.1) is 0 Å².